The Balaban J connectivity index is 1.50. The predicted octanol–water partition coefficient (Wildman–Crippen LogP) is 4.66. The number of ether oxygens (including phenoxy) is 1. The zero-order valence-corrected chi connectivity index (χ0v) is 16.8. The summed E-state index contributed by atoms with van der Waals surface area (Å²) < 4.78 is 10.3. The van der Waals surface area contributed by atoms with Crippen LogP contribution in [0.3, 0.4) is 0 Å². The van der Waals surface area contributed by atoms with Gasteiger partial charge in [0.15, 0.2) is 12.1 Å². The highest BCUT2D eigenvalue weighted by molar-refractivity contribution is 6.30. The topological polar surface area (TPSA) is 84.7 Å². The molecular formula is C21H20ClN3O4. The van der Waals surface area contributed by atoms with Gasteiger partial charge in [0, 0.05) is 24.3 Å². The van der Waals surface area contributed by atoms with Crippen molar-refractivity contribution in [3.63, 3.8) is 0 Å². The van der Waals surface area contributed by atoms with Crippen LogP contribution in [0.2, 0.25) is 5.02 Å². The number of oxazole rings is 1. The fourth-order valence-electron chi connectivity index (χ4n) is 2.61. The van der Waals surface area contributed by atoms with Crippen molar-refractivity contribution < 1.29 is 18.7 Å². The van der Waals surface area contributed by atoms with E-state index >= 15 is 0 Å². The van der Waals surface area contributed by atoms with Crippen molar-refractivity contribution in [2.24, 2.45) is 0 Å². The highest BCUT2D eigenvalue weighted by Crippen LogP contribution is 2.15. The van der Waals surface area contributed by atoms with Gasteiger partial charge in [-0.05, 0) is 42.3 Å². The van der Waals surface area contributed by atoms with Crippen LogP contribution < -0.4 is 5.32 Å². The average Bonchev–Trinajstić information content (AvgIpc) is 3.14. The van der Waals surface area contributed by atoms with Crippen molar-refractivity contribution in [3.8, 4) is 0 Å². The Morgan fingerprint density at radius 2 is 1.76 bits per heavy atom. The maximum Gasteiger partial charge on any atom is 0.411 e. The molecule has 3 aromatic rings. The molecule has 0 saturated heterocycles. The summed E-state index contributed by atoms with van der Waals surface area (Å²) in [6.45, 7) is 2.24. The molecule has 0 bridgehead atoms. The normalized spacial score (nSPS) is 10.4. The van der Waals surface area contributed by atoms with Crippen LogP contribution in [-0.4, -0.2) is 28.9 Å². The molecule has 0 aliphatic rings. The zero-order valence-electron chi connectivity index (χ0n) is 16.0. The van der Waals surface area contributed by atoms with Gasteiger partial charge in [-0.3, -0.25) is 10.1 Å². The Labute approximate surface area is 173 Å². The van der Waals surface area contributed by atoms with Gasteiger partial charge in [0.05, 0.1) is 0 Å². The van der Waals surface area contributed by atoms with E-state index in [1.54, 1.807) is 55.3 Å². The van der Waals surface area contributed by atoms with Gasteiger partial charge in [0.1, 0.15) is 12.4 Å². The van der Waals surface area contributed by atoms with Crippen molar-refractivity contribution in [1.82, 2.24) is 9.88 Å². The minimum absolute atomic E-state index is 0.148. The summed E-state index contributed by atoms with van der Waals surface area (Å²) in [7, 11) is 1.69. The van der Waals surface area contributed by atoms with Crippen LogP contribution in [0.15, 0.2) is 59.3 Å². The molecule has 0 fully saturated rings. The van der Waals surface area contributed by atoms with Crippen LogP contribution >= 0.6 is 11.6 Å². The Morgan fingerprint density at radius 3 is 2.38 bits per heavy atom. The molecule has 0 spiro atoms. The van der Waals surface area contributed by atoms with Crippen LogP contribution in [0.25, 0.3) is 0 Å². The number of benzene rings is 2. The minimum atomic E-state index is -0.554. The molecular weight excluding hydrogens is 394 g/mol. The maximum absolute atomic E-state index is 12.4. The van der Waals surface area contributed by atoms with E-state index in [2.05, 4.69) is 10.3 Å². The number of carbonyl (C=O) groups is 2. The summed E-state index contributed by atoms with van der Waals surface area (Å²) in [6, 6.07) is 14.2. The first-order valence-corrected chi connectivity index (χ1v) is 9.23. The zero-order chi connectivity index (χ0) is 20.8. The molecule has 2 amide bonds. The second kappa shape index (κ2) is 9.25. The Bertz CT molecular complexity index is 984. The molecule has 1 heterocycles. The van der Waals surface area contributed by atoms with Gasteiger partial charge in [-0.15, -0.1) is 0 Å². The molecule has 3 rings (SSSR count). The Morgan fingerprint density at radius 1 is 1.10 bits per heavy atom. The number of aryl methyl sites for hydroxylation is 1. The first kappa shape index (κ1) is 20.4. The number of hydrogen-bond donors (Lipinski definition) is 1. The maximum atomic E-state index is 12.4. The molecule has 1 aromatic heterocycles. The molecule has 0 atom stereocenters. The predicted molar refractivity (Wildman–Crippen MR) is 109 cm³/mol. The van der Waals surface area contributed by atoms with Crippen LogP contribution in [0, 0.1) is 6.92 Å². The summed E-state index contributed by atoms with van der Waals surface area (Å²) in [5.74, 6) is 0.266. The standard InChI is InChI=1S/C21H20ClN3O4/c1-14-19(23-13-29-14)20(26)25(2)11-15-5-9-18(10-6-15)24-21(27)28-12-16-3-7-17(22)8-4-16/h3-10,13H,11-12H2,1-2H3,(H,24,27). The number of halogens is 1. The van der Waals surface area contributed by atoms with E-state index < -0.39 is 6.09 Å². The monoisotopic (exact) mass is 413 g/mol. The summed E-state index contributed by atoms with van der Waals surface area (Å²) in [4.78, 5) is 29.8. The SMILES string of the molecule is Cc1ocnc1C(=O)N(C)Cc1ccc(NC(=O)OCc2ccc(Cl)cc2)cc1. The Hall–Kier alpha value is -3.32. The molecule has 0 saturated carbocycles. The van der Waals surface area contributed by atoms with Crippen LogP contribution in [-0.2, 0) is 17.9 Å². The van der Waals surface area contributed by atoms with Gasteiger partial charge in [-0.2, -0.15) is 0 Å². The number of carbonyl (C=O) groups excluding carboxylic acids is 2. The van der Waals surface area contributed by atoms with E-state index in [4.69, 9.17) is 20.8 Å². The second-order valence-corrected chi connectivity index (χ2v) is 6.88. The van der Waals surface area contributed by atoms with Crippen molar-refractivity contribution in [2.75, 3.05) is 12.4 Å². The van der Waals surface area contributed by atoms with Gasteiger partial charge in [-0.1, -0.05) is 35.9 Å². The molecule has 2 aromatic carbocycles. The summed E-state index contributed by atoms with van der Waals surface area (Å²) in [5.41, 5.74) is 2.64. The third-order valence-electron chi connectivity index (χ3n) is 4.20. The number of anilines is 1. The van der Waals surface area contributed by atoms with E-state index in [-0.39, 0.29) is 12.5 Å². The summed E-state index contributed by atoms with van der Waals surface area (Å²) in [6.07, 6.45) is 0.699. The van der Waals surface area contributed by atoms with E-state index in [9.17, 15) is 9.59 Å². The first-order chi connectivity index (χ1) is 13.9. The van der Waals surface area contributed by atoms with Gasteiger partial charge in [0.25, 0.3) is 5.91 Å². The molecule has 0 aliphatic heterocycles. The molecule has 1 N–H and O–H groups in total. The Kier molecular flexibility index (Phi) is 6.51. The lowest BCUT2D eigenvalue weighted by Crippen LogP contribution is -2.27. The minimum Gasteiger partial charge on any atom is -0.448 e. The lowest BCUT2D eigenvalue weighted by Gasteiger charge is -2.16. The van der Waals surface area contributed by atoms with E-state index in [0.29, 0.717) is 28.7 Å². The number of aromatic nitrogens is 1. The lowest BCUT2D eigenvalue weighted by atomic mass is 10.2. The van der Waals surface area contributed by atoms with Crippen molar-refractivity contribution in [3.05, 3.63) is 82.5 Å². The molecule has 7 nitrogen and oxygen atoms in total. The highest BCUT2D eigenvalue weighted by Gasteiger charge is 2.18. The molecule has 29 heavy (non-hydrogen) atoms. The van der Waals surface area contributed by atoms with Crippen LogP contribution in [0.1, 0.15) is 27.4 Å². The van der Waals surface area contributed by atoms with Crippen LogP contribution in [0.4, 0.5) is 10.5 Å². The average molecular weight is 414 g/mol. The van der Waals surface area contributed by atoms with Gasteiger partial charge in [-0.25, -0.2) is 9.78 Å². The quantitative estimate of drug-likeness (QED) is 0.635. The van der Waals surface area contributed by atoms with E-state index in [1.807, 2.05) is 12.1 Å². The van der Waals surface area contributed by atoms with Crippen molar-refractivity contribution >= 4 is 29.3 Å². The number of hydrogen-bond acceptors (Lipinski definition) is 5. The fraction of sp³-hybridized carbons (Fsp3) is 0.190. The largest absolute Gasteiger partial charge is 0.448 e. The number of nitrogens with zero attached hydrogens (tertiary/aromatic N) is 2. The third-order valence-corrected chi connectivity index (χ3v) is 4.45. The van der Waals surface area contributed by atoms with Crippen molar-refractivity contribution in [1.29, 1.82) is 0 Å². The number of rotatable bonds is 6. The van der Waals surface area contributed by atoms with E-state index in [1.165, 1.54) is 6.39 Å². The molecule has 0 aliphatic carbocycles. The van der Waals surface area contributed by atoms with Gasteiger partial charge < -0.3 is 14.1 Å². The van der Waals surface area contributed by atoms with Gasteiger partial charge >= 0.3 is 6.09 Å². The number of nitrogens with one attached hydrogen (secondary N) is 1. The molecule has 150 valence electrons. The lowest BCUT2D eigenvalue weighted by molar-refractivity contribution is 0.0778. The second-order valence-electron chi connectivity index (χ2n) is 6.44. The molecule has 8 heteroatoms. The van der Waals surface area contributed by atoms with Crippen LogP contribution in [0.5, 0.6) is 0 Å². The fourth-order valence-corrected chi connectivity index (χ4v) is 2.74. The third kappa shape index (κ3) is 5.58. The molecule has 0 radical (unpaired) electrons. The summed E-state index contributed by atoms with van der Waals surface area (Å²) in [5, 5.41) is 3.29. The van der Waals surface area contributed by atoms with E-state index in [0.717, 1.165) is 11.1 Å². The first-order valence-electron chi connectivity index (χ1n) is 8.85. The number of amides is 2. The smallest absolute Gasteiger partial charge is 0.411 e. The van der Waals surface area contributed by atoms with Gasteiger partial charge in [0.2, 0.25) is 0 Å². The molecule has 0 unspecified atom stereocenters. The summed E-state index contributed by atoms with van der Waals surface area (Å²) >= 11 is 5.83. The highest BCUT2D eigenvalue weighted by atomic mass is 35.5. The van der Waals surface area contributed by atoms with Crippen molar-refractivity contribution in [2.45, 2.75) is 20.1 Å².